The minimum Gasteiger partial charge on any atom is -0.379 e. The fourth-order valence-corrected chi connectivity index (χ4v) is 4.04. The Morgan fingerprint density at radius 3 is 2.83 bits per heavy atom. The zero-order valence-corrected chi connectivity index (χ0v) is 20.1. The van der Waals surface area contributed by atoms with Gasteiger partial charge in [0.15, 0.2) is 5.96 Å². The summed E-state index contributed by atoms with van der Waals surface area (Å²) in [5, 5.41) is 6.89. The Morgan fingerprint density at radius 1 is 1.28 bits per heavy atom. The SMILES string of the molecule is CN=C(NCCCOC1CCOC1)NCC1CC(C)N(Cc2ccccc2)C1.I. The first kappa shape index (κ1) is 24.4. The molecule has 2 heterocycles. The summed E-state index contributed by atoms with van der Waals surface area (Å²) in [6, 6.07) is 11.4. The number of rotatable bonds is 9. The van der Waals surface area contributed by atoms with Crippen molar-refractivity contribution in [2.75, 3.05) is 46.5 Å². The standard InChI is InChI=1S/C22H36N4O2.HI/c1-18-13-20(16-26(18)15-19-7-4-3-5-8-19)14-25-22(23-2)24-10-6-11-28-21-9-12-27-17-21;/h3-5,7-8,18,20-21H,6,9-17H2,1-2H3,(H2,23,24,25);1H. The maximum atomic E-state index is 5.80. The average Bonchev–Trinajstić information content (AvgIpc) is 3.35. The van der Waals surface area contributed by atoms with Crippen molar-refractivity contribution in [3.8, 4) is 0 Å². The first-order valence-corrected chi connectivity index (χ1v) is 10.7. The predicted molar refractivity (Wildman–Crippen MR) is 129 cm³/mol. The molecule has 0 bridgehead atoms. The second kappa shape index (κ2) is 13.4. The van der Waals surface area contributed by atoms with E-state index in [2.05, 4.69) is 57.8 Å². The largest absolute Gasteiger partial charge is 0.379 e. The molecule has 3 rings (SSSR count). The molecule has 3 atom stereocenters. The van der Waals surface area contributed by atoms with E-state index in [1.54, 1.807) is 0 Å². The molecule has 2 fully saturated rings. The van der Waals surface area contributed by atoms with E-state index in [-0.39, 0.29) is 24.0 Å². The van der Waals surface area contributed by atoms with Crippen molar-refractivity contribution in [3.05, 3.63) is 35.9 Å². The summed E-state index contributed by atoms with van der Waals surface area (Å²) in [7, 11) is 1.83. The lowest BCUT2D eigenvalue weighted by Gasteiger charge is -2.21. The van der Waals surface area contributed by atoms with Crippen LogP contribution in [0.3, 0.4) is 0 Å². The van der Waals surface area contributed by atoms with Gasteiger partial charge in [0.1, 0.15) is 0 Å². The molecule has 7 heteroatoms. The van der Waals surface area contributed by atoms with Gasteiger partial charge in [-0.15, -0.1) is 24.0 Å². The summed E-state index contributed by atoms with van der Waals surface area (Å²) >= 11 is 0. The molecule has 6 nitrogen and oxygen atoms in total. The van der Waals surface area contributed by atoms with Crippen molar-refractivity contribution < 1.29 is 9.47 Å². The third kappa shape index (κ3) is 8.39. The molecule has 2 aliphatic rings. The van der Waals surface area contributed by atoms with Crippen LogP contribution in [0.15, 0.2) is 35.3 Å². The molecular weight excluding hydrogens is 479 g/mol. The molecular formula is C22H37IN4O2. The smallest absolute Gasteiger partial charge is 0.190 e. The van der Waals surface area contributed by atoms with E-state index in [0.717, 1.165) is 64.8 Å². The molecule has 2 aliphatic heterocycles. The van der Waals surface area contributed by atoms with Gasteiger partial charge in [-0.1, -0.05) is 30.3 Å². The molecule has 29 heavy (non-hydrogen) atoms. The van der Waals surface area contributed by atoms with E-state index < -0.39 is 0 Å². The Morgan fingerprint density at radius 2 is 2.10 bits per heavy atom. The van der Waals surface area contributed by atoms with E-state index >= 15 is 0 Å². The predicted octanol–water partition coefficient (Wildman–Crippen LogP) is 2.88. The molecule has 0 spiro atoms. The molecule has 2 N–H and O–H groups in total. The lowest BCUT2D eigenvalue weighted by Crippen LogP contribution is -2.40. The van der Waals surface area contributed by atoms with Crippen LogP contribution in [0, 0.1) is 5.92 Å². The molecule has 164 valence electrons. The van der Waals surface area contributed by atoms with Crippen LogP contribution in [0.1, 0.15) is 31.7 Å². The van der Waals surface area contributed by atoms with Crippen LogP contribution in [0.5, 0.6) is 0 Å². The normalized spacial score (nSPS) is 25.0. The number of hydrogen-bond acceptors (Lipinski definition) is 4. The molecule has 1 aromatic carbocycles. The molecule has 1 aromatic rings. The zero-order valence-electron chi connectivity index (χ0n) is 17.8. The van der Waals surface area contributed by atoms with Crippen LogP contribution in [0.4, 0.5) is 0 Å². The summed E-state index contributed by atoms with van der Waals surface area (Å²) in [5.74, 6) is 1.54. The summed E-state index contributed by atoms with van der Waals surface area (Å²) < 4.78 is 11.1. The van der Waals surface area contributed by atoms with Gasteiger partial charge in [-0.25, -0.2) is 0 Å². The average molecular weight is 516 g/mol. The Balaban J connectivity index is 0.00000300. The highest BCUT2D eigenvalue weighted by atomic mass is 127. The van der Waals surface area contributed by atoms with Crippen molar-refractivity contribution in [2.45, 2.75) is 44.9 Å². The maximum absolute atomic E-state index is 5.80. The Hall–Kier alpha value is -0.900. The van der Waals surface area contributed by atoms with Crippen molar-refractivity contribution in [1.82, 2.24) is 15.5 Å². The van der Waals surface area contributed by atoms with Gasteiger partial charge < -0.3 is 20.1 Å². The number of benzene rings is 1. The van der Waals surface area contributed by atoms with Gasteiger partial charge in [0, 0.05) is 52.5 Å². The molecule has 2 saturated heterocycles. The Labute approximate surface area is 192 Å². The van der Waals surface area contributed by atoms with Crippen molar-refractivity contribution in [2.24, 2.45) is 10.9 Å². The number of halogens is 1. The fraction of sp³-hybridized carbons (Fsp3) is 0.682. The second-order valence-electron chi connectivity index (χ2n) is 7.96. The minimum absolute atomic E-state index is 0. The monoisotopic (exact) mass is 516 g/mol. The number of nitrogens with one attached hydrogen (secondary N) is 2. The van der Waals surface area contributed by atoms with Crippen LogP contribution >= 0.6 is 24.0 Å². The van der Waals surface area contributed by atoms with E-state index in [1.807, 2.05) is 7.05 Å². The van der Waals surface area contributed by atoms with Crippen LogP contribution in [0.25, 0.3) is 0 Å². The summed E-state index contributed by atoms with van der Waals surface area (Å²) in [6.45, 7) is 8.70. The van der Waals surface area contributed by atoms with E-state index in [4.69, 9.17) is 9.47 Å². The highest BCUT2D eigenvalue weighted by Gasteiger charge is 2.28. The van der Waals surface area contributed by atoms with Crippen LogP contribution in [0.2, 0.25) is 0 Å². The number of nitrogens with zero attached hydrogens (tertiary/aromatic N) is 2. The molecule has 3 unspecified atom stereocenters. The molecule has 0 aliphatic carbocycles. The Kier molecular flexibility index (Phi) is 11.3. The third-order valence-electron chi connectivity index (χ3n) is 5.66. The quantitative estimate of drug-likeness (QED) is 0.229. The zero-order chi connectivity index (χ0) is 19.6. The summed E-state index contributed by atoms with van der Waals surface area (Å²) in [6.07, 6.45) is 3.52. The van der Waals surface area contributed by atoms with Gasteiger partial charge in [-0.2, -0.15) is 0 Å². The lowest BCUT2D eigenvalue weighted by molar-refractivity contribution is 0.0420. The highest BCUT2D eigenvalue weighted by Crippen LogP contribution is 2.24. The van der Waals surface area contributed by atoms with Crippen molar-refractivity contribution in [1.29, 1.82) is 0 Å². The first-order valence-electron chi connectivity index (χ1n) is 10.7. The summed E-state index contributed by atoms with van der Waals surface area (Å²) in [5.41, 5.74) is 1.40. The van der Waals surface area contributed by atoms with Crippen LogP contribution < -0.4 is 10.6 Å². The molecule has 0 aromatic heterocycles. The number of likely N-dealkylation sites (tertiary alicyclic amines) is 1. The van der Waals surface area contributed by atoms with Crippen LogP contribution in [-0.4, -0.2) is 69.5 Å². The highest BCUT2D eigenvalue weighted by molar-refractivity contribution is 14.0. The molecule has 0 saturated carbocycles. The fourth-order valence-electron chi connectivity index (χ4n) is 4.04. The van der Waals surface area contributed by atoms with E-state index in [9.17, 15) is 0 Å². The van der Waals surface area contributed by atoms with Crippen molar-refractivity contribution in [3.63, 3.8) is 0 Å². The topological polar surface area (TPSA) is 58.1 Å². The summed E-state index contributed by atoms with van der Waals surface area (Å²) in [4.78, 5) is 6.94. The van der Waals surface area contributed by atoms with Gasteiger partial charge >= 0.3 is 0 Å². The number of guanidine groups is 1. The van der Waals surface area contributed by atoms with Gasteiger partial charge in [0.25, 0.3) is 0 Å². The third-order valence-corrected chi connectivity index (χ3v) is 5.66. The minimum atomic E-state index is 0. The Bertz CT molecular complexity index is 596. The van der Waals surface area contributed by atoms with Gasteiger partial charge in [0.2, 0.25) is 0 Å². The van der Waals surface area contributed by atoms with Gasteiger partial charge in [-0.3, -0.25) is 9.89 Å². The molecule has 0 radical (unpaired) electrons. The maximum Gasteiger partial charge on any atom is 0.190 e. The van der Waals surface area contributed by atoms with Gasteiger partial charge in [0.05, 0.1) is 12.7 Å². The van der Waals surface area contributed by atoms with Gasteiger partial charge in [-0.05, 0) is 37.7 Å². The van der Waals surface area contributed by atoms with E-state index in [0.29, 0.717) is 18.1 Å². The van der Waals surface area contributed by atoms with E-state index in [1.165, 1.54) is 12.0 Å². The number of ether oxygens (including phenoxy) is 2. The lowest BCUT2D eigenvalue weighted by atomic mass is 10.1. The number of hydrogen-bond donors (Lipinski definition) is 2. The van der Waals surface area contributed by atoms with Crippen molar-refractivity contribution >= 4 is 29.9 Å². The number of aliphatic imine (C=N–C) groups is 1. The molecule has 0 amide bonds. The first-order chi connectivity index (χ1) is 13.7. The second-order valence-corrected chi connectivity index (χ2v) is 7.96. The van der Waals surface area contributed by atoms with Crippen LogP contribution in [-0.2, 0) is 16.0 Å².